The van der Waals surface area contributed by atoms with Crippen LogP contribution in [0.3, 0.4) is 0 Å². The molecule has 45 heavy (non-hydrogen) atoms. The normalized spacial score (nSPS) is 11.8. The van der Waals surface area contributed by atoms with Gasteiger partial charge >= 0.3 is 0 Å². The van der Waals surface area contributed by atoms with Crippen LogP contribution in [0, 0.1) is 12.7 Å². The second kappa shape index (κ2) is 15.3. The Morgan fingerprint density at radius 3 is 2.18 bits per heavy atom. The van der Waals surface area contributed by atoms with Gasteiger partial charge in [0.15, 0.2) is 0 Å². The second-order valence-corrected chi connectivity index (χ2v) is 12.5. The van der Waals surface area contributed by atoms with Crippen molar-refractivity contribution < 1.29 is 27.1 Å². The lowest BCUT2D eigenvalue weighted by Gasteiger charge is -2.34. The molecule has 0 unspecified atom stereocenters. The number of anilines is 1. The van der Waals surface area contributed by atoms with E-state index in [1.165, 1.54) is 48.4 Å². The number of rotatable bonds is 14. The molecule has 8 nitrogen and oxygen atoms in total. The number of benzene rings is 4. The molecule has 1 atom stereocenters. The van der Waals surface area contributed by atoms with Gasteiger partial charge in [-0.3, -0.25) is 13.9 Å². The minimum Gasteiger partial charge on any atom is -0.497 e. The van der Waals surface area contributed by atoms with E-state index in [1.807, 2.05) is 68.4 Å². The maximum Gasteiger partial charge on any atom is 0.264 e. The highest BCUT2D eigenvalue weighted by Gasteiger charge is 2.34. The summed E-state index contributed by atoms with van der Waals surface area (Å²) in [5.74, 6) is -1.02. The number of carbonyl (C=O) groups excluding carboxylic acids is 2. The van der Waals surface area contributed by atoms with Gasteiger partial charge in [-0.1, -0.05) is 67.1 Å². The molecule has 0 aliphatic carbocycles. The van der Waals surface area contributed by atoms with Gasteiger partial charge in [0.2, 0.25) is 11.8 Å². The lowest BCUT2D eigenvalue weighted by atomic mass is 10.0. The molecule has 10 heteroatoms. The van der Waals surface area contributed by atoms with Crippen molar-refractivity contribution in [3.8, 4) is 5.75 Å². The third-order valence-corrected chi connectivity index (χ3v) is 9.08. The number of aryl methyl sites for hydroxylation is 1. The molecule has 0 aliphatic heterocycles. The van der Waals surface area contributed by atoms with E-state index in [4.69, 9.17) is 4.74 Å². The molecule has 4 rings (SSSR count). The second-order valence-electron chi connectivity index (χ2n) is 10.7. The standard InChI is InChI=1S/C35H38FN3O5S/c1-4-21-37-35(41)33(23-27-10-6-5-7-11-27)38(24-28-12-8-9-26(2)22-28)34(40)25-39(30-15-13-29(36)14-16-30)45(42,43)32-19-17-31(44-3)18-20-32/h5-20,22,33H,4,21,23-25H2,1-3H3,(H,37,41)/t33-/m1/s1. The molecule has 4 aromatic rings. The van der Waals surface area contributed by atoms with Gasteiger partial charge in [-0.15, -0.1) is 0 Å². The van der Waals surface area contributed by atoms with E-state index in [0.29, 0.717) is 18.7 Å². The van der Waals surface area contributed by atoms with Gasteiger partial charge < -0.3 is 15.0 Å². The average molecular weight is 632 g/mol. The highest BCUT2D eigenvalue weighted by molar-refractivity contribution is 7.92. The predicted molar refractivity (Wildman–Crippen MR) is 173 cm³/mol. The van der Waals surface area contributed by atoms with E-state index < -0.39 is 34.3 Å². The first-order chi connectivity index (χ1) is 21.6. The number of amides is 2. The zero-order valence-electron chi connectivity index (χ0n) is 25.6. The lowest BCUT2D eigenvalue weighted by Crippen LogP contribution is -2.53. The molecule has 1 N–H and O–H groups in total. The topological polar surface area (TPSA) is 96.0 Å². The smallest absolute Gasteiger partial charge is 0.264 e. The summed E-state index contributed by atoms with van der Waals surface area (Å²) < 4.78 is 48.2. The lowest BCUT2D eigenvalue weighted by molar-refractivity contribution is -0.140. The van der Waals surface area contributed by atoms with Crippen LogP contribution in [0.15, 0.2) is 108 Å². The van der Waals surface area contributed by atoms with Crippen molar-refractivity contribution in [3.05, 3.63) is 126 Å². The number of hydrogen-bond donors (Lipinski definition) is 1. The molecule has 0 fully saturated rings. The highest BCUT2D eigenvalue weighted by Crippen LogP contribution is 2.26. The van der Waals surface area contributed by atoms with Gasteiger partial charge in [-0.25, -0.2) is 12.8 Å². The Kier molecular flexibility index (Phi) is 11.3. The van der Waals surface area contributed by atoms with Crippen molar-refractivity contribution in [2.45, 2.75) is 44.2 Å². The van der Waals surface area contributed by atoms with Crippen molar-refractivity contribution in [1.82, 2.24) is 10.2 Å². The Morgan fingerprint density at radius 1 is 0.889 bits per heavy atom. The molecule has 0 saturated heterocycles. The summed E-state index contributed by atoms with van der Waals surface area (Å²) in [6, 6.07) is 26.7. The van der Waals surface area contributed by atoms with Gasteiger partial charge in [0.05, 0.1) is 17.7 Å². The van der Waals surface area contributed by atoms with Gasteiger partial charge in [0, 0.05) is 19.5 Å². The molecule has 0 spiro atoms. The zero-order chi connectivity index (χ0) is 32.4. The average Bonchev–Trinajstić information content (AvgIpc) is 3.05. The van der Waals surface area contributed by atoms with Crippen molar-refractivity contribution >= 4 is 27.5 Å². The van der Waals surface area contributed by atoms with E-state index in [1.54, 1.807) is 0 Å². The van der Waals surface area contributed by atoms with Gasteiger partial charge in [-0.05, 0) is 73.0 Å². The molecule has 0 aliphatic rings. The molecule has 4 aromatic carbocycles. The monoisotopic (exact) mass is 631 g/mol. The van der Waals surface area contributed by atoms with Crippen LogP contribution in [0.4, 0.5) is 10.1 Å². The first kappa shape index (κ1) is 33.2. The van der Waals surface area contributed by atoms with Crippen LogP contribution in [-0.4, -0.2) is 51.4 Å². The Balaban J connectivity index is 1.79. The number of hydrogen-bond acceptors (Lipinski definition) is 5. The first-order valence-electron chi connectivity index (χ1n) is 14.7. The summed E-state index contributed by atoms with van der Waals surface area (Å²) in [7, 11) is -2.84. The van der Waals surface area contributed by atoms with Crippen molar-refractivity contribution in [3.63, 3.8) is 0 Å². The molecule has 0 bridgehead atoms. The van der Waals surface area contributed by atoms with Crippen LogP contribution in [-0.2, 0) is 32.6 Å². The molecular formula is C35H38FN3O5S. The molecule has 0 heterocycles. The summed E-state index contributed by atoms with van der Waals surface area (Å²) in [6.45, 7) is 3.73. The van der Waals surface area contributed by atoms with Crippen molar-refractivity contribution in [2.24, 2.45) is 0 Å². The summed E-state index contributed by atoms with van der Waals surface area (Å²) >= 11 is 0. The van der Waals surface area contributed by atoms with Crippen LogP contribution >= 0.6 is 0 Å². The number of sulfonamides is 1. The van der Waals surface area contributed by atoms with E-state index in [-0.39, 0.29) is 29.5 Å². The molecule has 236 valence electrons. The first-order valence-corrected chi connectivity index (χ1v) is 16.2. The van der Waals surface area contributed by atoms with Gasteiger partial charge in [0.1, 0.15) is 24.2 Å². The number of ether oxygens (including phenoxy) is 1. The number of carbonyl (C=O) groups is 2. The maximum atomic E-state index is 14.4. The number of nitrogens with zero attached hydrogens (tertiary/aromatic N) is 2. The van der Waals surface area contributed by atoms with E-state index in [9.17, 15) is 22.4 Å². The predicted octanol–water partition coefficient (Wildman–Crippen LogP) is 5.50. The van der Waals surface area contributed by atoms with Gasteiger partial charge in [0.25, 0.3) is 10.0 Å². The summed E-state index contributed by atoms with van der Waals surface area (Å²) in [5.41, 5.74) is 2.71. The number of nitrogens with one attached hydrogen (secondary N) is 1. The SMILES string of the molecule is CCCNC(=O)[C@@H](Cc1ccccc1)N(Cc1cccc(C)c1)C(=O)CN(c1ccc(F)cc1)S(=O)(=O)c1ccc(OC)cc1. The Morgan fingerprint density at radius 2 is 1.56 bits per heavy atom. The fraction of sp³-hybridized carbons (Fsp3) is 0.257. The molecule has 0 radical (unpaired) electrons. The Hall–Kier alpha value is -4.70. The van der Waals surface area contributed by atoms with E-state index in [2.05, 4.69) is 5.32 Å². The van der Waals surface area contributed by atoms with Crippen molar-refractivity contribution in [2.75, 3.05) is 24.5 Å². The largest absolute Gasteiger partial charge is 0.497 e. The minimum absolute atomic E-state index is 0.0669. The number of halogens is 1. The van der Waals surface area contributed by atoms with Crippen LogP contribution in [0.1, 0.15) is 30.0 Å². The third-order valence-electron chi connectivity index (χ3n) is 7.30. The highest BCUT2D eigenvalue weighted by atomic mass is 32.2. The quantitative estimate of drug-likeness (QED) is 0.198. The van der Waals surface area contributed by atoms with Gasteiger partial charge in [-0.2, -0.15) is 0 Å². The van der Waals surface area contributed by atoms with Crippen LogP contribution < -0.4 is 14.4 Å². The Labute approximate surface area is 264 Å². The minimum atomic E-state index is -4.31. The molecular weight excluding hydrogens is 593 g/mol. The van der Waals surface area contributed by atoms with E-state index >= 15 is 0 Å². The number of methoxy groups -OCH3 is 1. The molecule has 2 amide bonds. The van der Waals surface area contributed by atoms with E-state index in [0.717, 1.165) is 33.1 Å². The summed E-state index contributed by atoms with van der Waals surface area (Å²) in [6.07, 6.45) is 0.920. The Bertz CT molecular complexity index is 1680. The fourth-order valence-corrected chi connectivity index (χ4v) is 6.35. The maximum absolute atomic E-state index is 14.4. The molecule has 0 aromatic heterocycles. The zero-order valence-corrected chi connectivity index (χ0v) is 26.5. The fourth-order valence-electron chi connectivity index (χ4n) is 4.94. The molecule has 0 saturated carbocycles. The van der Waals surface area contributed by atoms with Crippen LogP contribution in [0.5, 0.6) is 5.75 Å². The summed E-state index contributed by atoms with van der Waals surface area (Å²) in [5, 5.41) is 2.93. The van der Waals surface area contributed by atoms with Crippen molar-refractivity contribution in [1.29, 1.82) is 0 Å². The third kappa shape index (κ3) is 8.69. The van der Waals surface area contributed by atoms with Crippen LogP contribution in [0.2, 0.25) is 0 Å². The summed E-state index contributed by atoms with van der Waals surface area (Å²) in [4.78, 5) is 29.5. The van der Waals surface area contributed by atoms with Crippen LogP contribution in [0.25, 0.3) is 0 Å².